The zero-order chi connectivity index (χ0) is 27.8. The molecule has 1 aliphatic rings. The molecule has 1 aliphatic heterocycles. The van der Waals surface area contributed by atoms with Gasteiger partial charge >= 0.3 is 6.03 Å². The lowest BCUT2D eigenvalue weighted by atomic mass is 10.0. The summed E-state index contributed by atoms with van der Waals surface area (Å²) in [4.78, 5) is 46.9. The Hall–Kier alpha value is -5.14. The number of amides is 4. The number of H-pyrrole nitrogens is 1. The van der Waals surface area contributed by atoms with Gasteiger partial charge in [0.25, 0.3) is 11.8 Å². The Balaban J connectivity index is 1.13. The number of halogens is 1. The number of para-hydroxylation sites is 1. The molecule has 11 heteroatoms. The summed E-state index contributed by atoms with van der Waals surface area (Å²) in [5.41, 5.74) is 4.84. The van der Waals surface area contributed by atoms with Crippen LogP contribution in [0.1, 0.15) is 32.7 Å². The van der Waals surface area contributed by atoms with Crippen LogP contribution in [0.2, 0.25) is 5.02 Å². The quantitative estimate of drug-likeness (QED) is 0.228. The van der Waals surface area contributed by atoms with Gasteiger partial charge in [0.15, 0.2) is 5.65 Å². The third-order valence-corrected chi connectivity index (χ3v) is 7.10. The largest absolute Gasteiger partial charge is 0.360 e. The van der Waals surface area contributed by atoms with E-state index in [1.807, 2.05) is 25.1 Å². The summed E-state index contributed by atoms with van der Waals surface area (Å²) in [6, 6.07) is 13.0. The van der Waals surface area contributed by atoms with Gasteiger partial charge in [-0.1, -0.05) is 35.7 Å². The number of hydrogen-bond acceptors (Lipinski definition) is 5. The number of aromatic amines is 1. The van der Waals surface area contributed by atoms with Crippen molar-refractivity contribution < 1.29 is 14.4 Å². The predicted octanol–water partition coefficient (Wildman–Crippen LogP) is 3.42. The summed E-state index contributed by atoms with van der Waals surface area (Å²) in [5, 5.41) is 11.1. The number of urea groups is 1. The van der Waals surface area contributed by atoms with Gasteiger partial charge in [-0.3, -0.25) is 9.59 Å². The highest BCUT2D eigenvalue weighted by atomic mass is 35.5. The summed E-state index contributed by atoms with van der Waals surface area (Å²) in [5.74, 6) is 5.29. The second-order valence-corrected chi connectivity index (χ2v) is 9.74. The molecule has 10 nitrogen and oxygen atoms in total. The smallest absolute Gasteiger partial charge is 0.326 e. The standard InChI is InChI=1S/C29H22ClN7O3/c1-17-7-8-19(12-18(17)9-10-21-15-31-25-6-3-11-34-37(21)25)27(38)33-16-36-28(39)24(35-29(36)40)13-20-14-32-26-22(20)4-2-5-23(26)30/h2-8,11-12,14-15,24,32H,13,16H2,1H3,(H,33,38)(H,35,40). The lowest BCUT2D eigenvalue weighted by molar-refractivity contribution is -0.127. The highest BCUT2D eigenvalue weighted by Crippen LogP contribution is 2.26. The van der Waals surface area contributed by atoms with Crippen molar-refractivity contribution in [1.29, 1.82) is 0 Å². The van der Waals surface area contributed by atoms with Crippen molar-refractivity contribution in [2.75, 3.05) is 6.67 Å². The van der Waals surface area contributed by atoms with E-state index in [-0.39, 0.29) is 13.1 Å². The fraction of sp³-hybridized carbons (Fsp3) is 0.138. The third-order valence-electron chi connectivity index (χ3n) is 6.78. The SMILES string of the molecule is Cc1ccc(C(=O)NCN2C(=O)NC(Cc3c[nH]c4c(Cl)cccc34)C2=O)cc1C#Cc1cnc2cccnn12. The van der Waals surface area contributed by atoms with E-state index in [2.05, 4.69) is 37.5 Å². The van der Waals surface area contributed by atoms with Crippen molar-refractivity contribution >= 4 is 46.0 Å². The number of rotatable bonds is 5. The molecule has 3 N–H and O–H groups in total. The number of aryl methyl sites for hydroxylation is 1. The molecule has 3 aromatic heterocycles. The zero-order valence-electron chi connectivity index (χ0n) is 21.2. The molecule has 1 unspecified atom stereocenters. The molecule has 5 aromatic rings. The van der Waals surface area contributed by atoms with E-state index >= 15 is 0 Å². The van der Waals surface area contributed by atoms with Gasteiger partial charge in [0.2, 0.25) is 0 Å². The number of carbonyl (C=O) groups excluding carboxylic acids is 3. The summed E-state index contributed by atoms with van der Waals surface area (Å²) in [7, 11) is 0. The molecule has 0 radical (unpaired) electrons. The van der Waals surface area contributed by atoms with Gasteiger partial charge in [-0.25, -0.2) is 19.2 Å². The Labute approximate surface area is 233 Å². The molecule has 198 valence electrons. The van der Waals surface area contributed by atoms with Crippen LogP contribution < -0.4 is 10.6 Å². The van der Waals surface area contributed by atoms with Gasteiger partial charge < -0.3 is 15.6 Å². The number of carbonyl (C=O) groups is 3. The molecule has 1 fully saturated rings. The Kier molecular flexibility index (Phi) is 6.42. The zero-order valence-corrected chi connectivity index (χ0v) is 22.0. The fourth-order valence-corrected chi connectivity index (χ4v) is 4.86. The van der Waals surface area contributed by atoms with Gasteiger partial charge in [0.1, 0.15) is 18.4 Å². The number of hydrogen-bond donors (Lipinski definition) is 3. The van der Waals surface area contributed by atoms with Crippen LogP contribution in [0.15, 0.2) is 67.1 Å². The summed E-state index contributed by atoms with van der Waals surface area (Å²) < 4.78 is 1.64. The van der Waals surface area contributed by atoms with Crippen LogP contribution in [0, 0.1) is 18.8 Å². The van der Waals surface area contributed by atoms with Crippen LogP contribution in [0.25, 0.3) is 16.6 Å². The lowest BCUT2D eigenvalue weighted by Crippen LogP contribution is -2.42. The average Bonchev–Trinajstić information content (AvgIpc) is 3.63. The van der Waals surface area contributed by atoms with Gasteiger partial charge in [0.05, 0.1) is 16.7 Å². The molecule has 40 heavy (non-hydrogen) atoms. The summed E-state index contributed by atoms with van der Waals surface area (Å²) >= 11 is 6.23. The summed E-state index contributed by atoms with van der Waals surface area (Å²) in [6.07, 6.45) is 5.36. The fourth-order valence-electron chi connectivity index (χ4n) is 4.63. The molecule has 1 saturated heterocycles. The number of imide groups is 1. The monoisotopic (exact) mass is 551 g/mol. The normalized spacial score (nSPS) is 14.8. The maximum Gasteiger partial charge on any atom is 0.326 e. The van der Waals surface area contributed by atoms with Gasteiger partial charge in [0, 0.05) is 35.3 Å². The second-order valence-electron chi connectivity index (χ2n) is 9.33. The van der Waals surface area contributed by atoms with E-state index in [9.17, 15) is 14.4 Å². The summed E-state index contributed by atoms with van der Waals surface area (Å²) in [6.45, 7) is 1.63. The lowest BCUT2D eigenvalue weighted by Gasteiger charge is -2.14. The van der Waals surface area contributed by atoms with E-state index in [0.29, 0.717) is 27.5 Å². The van der Waals surface area contributed by atoms with Crippen LogP contribution in [-0.2, 0) is 11.2 Å². The molecule has 0 aliphatic carbocycles. The predicted molar refractivity (Wildman–Crippen MR) is 149 cm³/mol. The molecule has 4 heterocycles. The number of nitrogens with zero attached hydrogens (tertiary/aromatic N) is 4. The van der Waals surface area contributed by atoms with E-state index in [1.165, 1.54) is 0 Å². The van der Waals surface area contributed by atoms with E-state index in [0.717, 1.165) is 26.9 Å². The first-order valence-electron chi connectivity index (χ1n) is 12.4. The number of nitrogens with one attached hydrogen (secondary N) is 3. The number of benzene rings is 2. The Morgan fingerprint density at radius 3 is 2.90 bits per heavy atom. The van der Waals surface area contributed by atoms with Gasteiger partial charge in [-0.2, -0.15) is 5.10 Å². The molecule has 4 amide bonds. The van der Waals surface area contributed by atoms with Crippen molar-refractivity contribution in [2.24, 2.45) is 0 Å². The van der Waals surface area contributed by atoms with Crippen molar-refractivity contribution in [3.05, 3.63) is 100 Å². The highest BCUT2D eigenvalue weighted by Gasteiger charge is 2.38. The minimum Gasteiger partial charge on any atom is -0.360 e. The number of fused-ring (bicyclic) bond motifs is 2. The minimum atomic E-state index is -0.752. The highest BCUT2D eigenvalue weighted by molar-refractivity contribution is 6.35. The molecule has 0 spiro atoms. The van der Waals surface area contributed by atoms with E-state index in [1.54, 1.807) is 53.4 Å². The number of imidazole rings is 1. The Morgan fingerprint density at radius 2 is 2.02 bits per heavy atom. The molecule has 2 aromatic carbocycles. The van der Waals surface area contributed by atoms with Crippen molar-refractivity contribution in [2.45, 2.75) is 19.4 Å². The Morgan fingerprint density at radius 1 is 1.15 bits per heavy atom. The number of aromatic nitrogens is 4. The van der Waals surface area contributed by atoms with E-state index in [4.69, 9.17) is 11.6 Å². The second kappa shape index (κ2) is 10.2. The molecule has 1 atom stereocenters. The molecule has 0 bridgehead atoms. The van der Waals surface area contributed by atoms with Crippen LogP contribution in [0.4, 0.5) is 4.79 Å². The topological polar surface area (TPSA) is 124 Å². The Bertz CT molecular complexity index is 1880. The molecular weight excluding hydrogens is 530 g/mol. The minimum absolute atomic E-state index is 0.262. The molecule has 0 saturated carbocycles. The van der Waals surface area contributed by atoms with Gasteiger partial charge in [-0.05, 0) is 54.3 Å². The first-order valence-corrected chi connectivity index (χ1v) is 12.8. The third kappa shape index (κ3) is 4.63. The van der Waals surface area contributed by atoms with Crippen LogP contribution in [0.5, 0.6) is 0 Å². The molecule has 6 rings (SSSR count). The first-order chi connectivity index (χ1) is 19.4. The average molecular weight is 552 g/mol. The van der Waals surface area contributed by atoms with Crippen molar-refractivity contribution in [1.82, 2.24) is 35.1 Å². The van der Waals surface area contributed by atoms with Crippen molar-refractivity contribution in [3.8, 4) is 11.8 Å². The first kappa shape index (κ1) is 25.2. The van der Waals surface area contributed by atoms with Gasteiger partial charge in [-0.15, -0.1) is 0 Å². The van der Waals surface area contributed by atoms with Crippen LogP contribution >= 0.6 is 11.6 Å². The van der Waals surface area contributed by atoms with E-state index < -0.39 is 23.9 Å². The maximum atomic E-state index is 13.0. The van der Waals surface area contributed by atoms with Crippen LogP contribution in [-0.4, -0.2) is 55.0 Å². The van der Waals surface area contributed by atoms with Crippen molar-refractivity contribution in [3.63, 3.8) is 0 Å². The maximum absolute atomic E-state index is 13.0. The molecular formula is C29H22ClN7O3. The van der Waals surface area contributed by atoms with Crippen LogP contribution in [0.3, 0.4) is 0 Å².